The SMILES string of the molecule is Cc1ccc(-c2ccc(Br)c(=O)o2)cc1. The van der Waals surface area contributed by atoms with E-state index in [4.69, 9.17) is 4.42 Å². The first kappa shape index (κ1) is 10.2. The molecule has 2 rings (SSSR count). The van der Waals surface area contributed by atoms with Crippen LogP contribution in [0.1, 0.15) is 5.56 Å². The average Bonchev–Trinajstić information content (AvgIpc) is 2.23. The third-order valence-corrected chi connectivity index (χ3v) is 2.70. The van der Waals surface area contributed by atoms with Gasteiger partial charge in [0.25, 0.3) is 0 Å². The first-order valence-corrected chi connectivity index (χ1v) is 5.33. The number of hydrogen-bond donors (Lipinski definition) is 0. The van der Waals surface area contributed by atoms with E-state index in [1.54, 1.807) is 12.1 Å². The fraction of sp³-hybridized carbons (Fsp3) is 0.0833. The maximum atomic E-state index is 11.3. The van der Waals surface area contributed by atoms with E-state index >= 15 is 0 Å². The summed E-state index contributed by atoms with van der Waals surface area (Å²) in [7, 11) is 0. The third-order valence-electron chi connectivity index (χ3n) is 2.11. The van der Waals surface area contributed by atoms with Crippen molar-refractivity contribution in [2.45, 2.75) is 6.92 Å². The summed E-state index contributed by atoms with van der Waals surface area (Å²) in [6.07, 6.45) is 0. The first-order chi connectivity index (χ1) is 7.16. The van der Waals surface area contributed by atoms with Gasteiger partial charge >= 0.3 is 5.63 Å². The second-order valence-corrected chi connectivity index (χ2v) is 4.16. The van der Waals surface area contributed by atoms with E-state index in [1.807, 2.05) is 31.2 Å². The van der Waals surface area contributed by atoms with Crippen LogP contribution in [0.15, 0.2) is 50.1 Å². The van der Waals surface area contributed by atoms with Crippen molar-refractivity contribution in [3.05, 3.63) is 56.9 Å². The maximum Gasteiger partial charge on any atom is 0.350 e. The lowest BCUT2D eigenvalue weighted by Gasteiger charge is -2.00. The van der Waals surface area contributed by atoms with E-state index < -0.39 is 0 Å². The molecular weight excluding hydrogens is 256 g/mol. The molecule has 0 spiro atoms. The molecule has 0 atom stereocenters. The minimum atomic E-state index is -0.354. The Morgan fingerprint density at radius 1 is 1.07 bits per heavy atom. The predicted octanol–water partition coefficient (Wildman–Crippen LogP) is 3.38. The van der Waals surface area contributed by atoms with Crippen LogP contribution in [-0.2, 0) is 0 Å². The fourth-order valence-corrected chi connectivity index (χ4v) is 1.49. The number of halogens is 1. The van der Waals surface area contributed by atoms with Crippen LogP contribution in [-0.4, -0.2) is 0 Å². The minimum absolute atomic E-state index is 0.354. The quantitative estimate of drug-likeness (QED) is 0.791. The molecule has 3 heteroatoms. The fourth-order valence-electron chi connectivity index (χ4n) is 1.27. The zero-order valence-electron chi connectivity index (χ0n) is 8.16. The van der Waals surface area contributed by atoms with Crippen LogP contribution >= 0.6 is 15.9 Å². The van der Waals surface area contributed by atoms with E-state index in [0.717, 1.165) is 5.56 Å². The van der Waals surface area contributed by atoms with E-state index in [9.17, 15) is 4.79 Å². The van der Waals surface area contributed by atoms with Crippen molar-refractivity contribution in [1.82, 2.24) is 0 Å². The Labute approximate surface area is 95.7 Å². The van der Waals surface area contributed by atoms with Gasteiger partial charge in [0.05, 0.1) is 0 Å². The summed E-state index contributed by atoms with van der Waals surface area (Å²) in [6, 6.07) is 11.3. The number of benzene rings is 1. The zero-order valence-corrected chi connectivity index (χ0v) is 9.74. The number of aryl methyl sites for hydroxylation is 1. The Morgan fingerprint density at radius 3 is 2.33 bits per heavy atom. The van der Waals surface area contributed by atoms with Crippen LogP contribution in [0.25, 0.3) is 11.3 Å². The van der Waals surface area contributed by atoms with E-state index in [0.29, 0.717) is 10.2 Å². The van der Waals surface area contributed by atoms with Gasteiger partial charge in [-0.05, 0) is 35.0 Å². The molecular formula is C12H9BrO2. The van der Waals surface area contributed by atoms with E-state index in [-0.39, 0.29) is 5.63 Å². The summed E-state index contributed by atoms with van der Waals surface area (Å²) in [4.78, 5) is 11.3. The van der Waals surface area contributed by atoms with Gasteiger partial charge in [-0.1, -0.05) is 29.8 Å². The van der Waals surface area contributed by atoms with Crippen LogP contribution in [0.3, 0.4) is 0 Å². The second-order valence-electron chi connectivity index (χ2n) is 3.30. The lowest BCUT2D eigenvalue weighted by Crippen LogP contribution is -1.99. The minimum Gasteiger partial charge on any atom is -0.422 e. The predicted molar refractivity (Wildman–Crippen MR) is 62.9 cm³/mol. The van der Waals surface area contributed by atoms with Gasteiger partial charge in [0.15, 0.2) is 0 Å². The number of hydrogen-bond acceptors (Lipinski definition) is 2. The van der Waals surface area contributed by atoms with E-state index in [2.05, 4.69) is 15.9 Å². The zero-order chi connectivity index (χ0) is 10.8. The molecule has 2 aromatic rings. The van der Waals surface area contributed by atoms with Gasteiger partial charge in [-0.15, -0.1) is 0 Å². The van der Waals surface area contributed by atoms with Crippen molar-refractivity contribution < 1.29 is 4.42 Å². The van der Waals surface area contributed by atoms with Crippen LogP contribution in [0.4, 0.5) is 0 Å². The van der Waals surface area contributed by atoms with Crippen LogP contribution < -0.4 is 5.63 Å². The lowest BCUT2D eigenvalue weighted by molar-refractivity contribution is 0.521. The van der Waals surface area contributed by atoms with Gasteiger partial charge in [0.1, 0.15) is 10.2 Å². The van der Waals surface area contributed by atoms with Gasteiger partial charge in [-0.2, -0.15) is 0 Å². The smallest absolute Gasteiger partial charge is 0.350 e. The molecule has 0 N–H and O–H groups in total. The molecule has 0 saturated carbocycles. The summed E-state index contributed by atoms with van der Waals surface area (Å²) < 4.78 is 5.57. The molecule has 0 aliphatic heterocycles. The molecule has 0 aliphatic carbocycles. The van der Waals surface area contributed by atoms with Gasteiger partial charge in [0, 0.05) is 5.56 Å². The molecule has 15 heavy (non-hydrogen) atoms. The van der Waals surface area contributed by atoms with Crippen molar-refractivity contribution in [3.63, 3.8) is 0 Å². The van der Waals surface area contributed by atoms with Crippen LogP contribution in [0, 0.1) is 6.92 Å². The highest BCUT2D eigenvalue weighted by Gasteiger charge is 2.02. The van der Waals surface area contributed by atoms with Gasteiger partial charge in [0.2, 0.25) is 0 Å². The molecule has 1 aromatic heterocycles. The largest absolute Gasteiger partial charge is 0.422 e. The number of rotatable bonds is 1. The first-order valence-electron chi connectivity index (χ1n) is 4.53. The molecule has 0 saturated heterocycles. The average molecular weight is 265 g/mol. The van der Waals surface area contributed by atoms with Crippen LogP contribution in [0.2, 0.25) is 0 Å². The van der Waals surface area contributed by atoms with Crippen LogP contribution in [0.5, 0.6) is 0 Å². The Balaban J connectivity index is 2.50. The van der Waals surface area contributed by atoms with Gasteiger partial charge in [-0.3, -0.25) is 0 Å². The summed E-state index contributed by atoms with van der Waals surface area (Å²) >= 11 is 3.11. The van der Waals surface area contributed by atoms with Gasteiger partial charge in [-0.25, -0.2) is 4.79 Å². The molecule has 2 nitrogen and oxygen atoms in total. The van der Waals surface area contributed by atoms with Crippen molar-refractivity contribution in [2.24, 2.45) is 0 Å². The Hall–Kier alpha value is -1.35. The highest BCUT2D eigenvalue weighted by Crippen LogP contribution is 2.19. The second kappa shape index (κ2) is 4.03. The molecule has 76 valence electrons. The topological polar surface area (TPSA) is 30.2 Å². The van der Waals surface area contributed by atoms with E-state index in [1.165, 1.54) is 5.56 Å². The normalized spacial score (nSPS) is 10.3. The molecule has 0 amide bonds. The molecule has 1 heterocycles. The standard InChI is InChI=1S/C12H9BrO2/c1-8-2-4-9(5-3-8)11-7-6-10(13)12(14)15-11/h2-7H,1H3. The maximum absolute atomic E-state index is 11.3. The Bertz CT molecular complexity index is 526. The summed E-state index contributed by atoms with van der Waals surface area (Å²) in [5, 5.41) is 0. The molecule has 0 radical (unpaired) electrons. The molecule has 0 aliphatic rings. The van der Waals surface area contributed by atoms with Crippen molar-refractivity contribution >= 4 is 15.9 Å². The van der Waals surface area contributed by atoms with Crippen molar-refractivity contribution in [1.29, 1.82) is 0 Å². The Kier molecular flexibility index (Phi) is 2.73. The summed E-state index contributed by atoms with van der Waals surface area (Å²) in [5.41, 5.74) is 1.73. The molecule has 0 fully saturated rings. The summed E-state index contributed by atoms with van der Waals surface area (Å²) in [5.74, 6) is 0.586. The highest BCUT2D eigenvalue weighted by atomic mass is 79.9. The van der Waals surface area contributed by atoms with Crippen molar-refractivity contribution in [3.8, 4) is 11.3 Å². The third kappa shape index (κ3) is 2.18. The summed E-state index contributed by atoms with van der Waals surface area (Å²) in [6.45, 7) is 2.02. The highest BCUT2D eigenvalue weighted by molar-refractivity contribution is 9.10. The molecule has 0 bridgehead atoms. The monoisotopic (exact) mass is 264 g/mol. The lowest BCUT2D eigenvalue weighted by atomic mass is 10.1. The molecule has 0 unspecified atom stereocenters. The molecule has 1 aromatic carbocycles. The van der Waals surface area contributed by atoms with Gasteiger partial charge < -0.3 is 4.42 Å². The Morgan fingerprint density at radius 2 is 1.73 bits per heavy atom. The van der Waals surface area contributed by atoms with Crippen molar-refractivity contribution in [2.75, 3.05) is 0 Å².